The second-order valence-electron chi connectivity index (χ2n) is 5.58. The van der Waals surface area contributed by atoms with Gasteiger partial charge in [-0.1, -0.05) is 12.1 Å². The molecule has 2 aromatic rings. The molecule has 1 aromatic heterocycles. The summed E-state index contributed by atoms with van der Waals surface area (Å²) >= 11 is 0. The fraction of sp³-hybridized carbons (Fsp3) is 0.333. The van der Waals surface area contributed by atoms with Crippen molar-refractivity contribution in [2.24, 2.45) is 16.5 Å². The van der Waals surface area contributed by atoms with E-state index in [-0.39, 0.29) is 18.3 Å². The number of guanidine groups is 1. The van der Waals surface area contributed by atoms with Crippen LogP contribution in [0.2, 0.25) is 0 Å². The molecule has 26 heavy (non-hydrogen) atoms. The maximum atomic E-state index is 11.6. The fourth-order valence-electron chi connectivity index (χ4n) is 2.35. The molecule has 0 aliphatic rings. The molecule has 0 bridgehead atoms. The smallest absolute Gasteiger partial charge is 0.249 e. The molecule has 0 aliphatic carbocycles. The van der Waals surface area contributed by atoms with Crippen molar-refractivity contribution in [3.63, 3.8) is 0 Å². The lowest BCUT2D eigenvalue weighted by atomic mass is 10.0. The topological polar surface area (TPSA) is 126 Å². The number of nitrogens with zero attached hydrogens (tertiary/aromatic N) is 3. The van der Waals surface area contributed by atoms with Gasteiger partial charge >= 0.3 is 0 Å². The Morgan fingerprint density at radius 1 is 1.19 bits per heavy atom. The molecule has 1 aromatic carbocycles. The Bertz CT molecular complexity index is 746. The highest BCUT2D eigenvalue weighted by Gasteiger charge is 2.10. The van der Waals surface area contributed by atoms with Crippen LogP contribution in [0.5, 0.6) is 5.75 Å². The normalized spacial score (nSPS) is 10.3. The van der Waals surface area contributed by atoms with Crippen LogP contribution < -0.4 is 16.2 Å². The van der Waals surface area contributed by atoms with Crippen LogP contribution in [0.15, 0.2) is 41.9 Å². The predicted molar refractivity (Wildman–Crippen MR) is 98.6 cm³/mol. The number of nitrogens with two attached hydrogens (primary N) is 2. The Balaban J connectivity index is 2.16. The summed E-state index contributed by atoms with van der Waals surface area (Å²) in [6, 6.07) is 5.79. The third-order valence-electron chi connectivity index (χ3n) is 3.55. The van der Waals surface area contributed by atoms with Crippen molar-refractivity contribution < 1.29 is 14.3 Å². The summed E-state index contributed by atoms with van der Waals surface area (Å²) in [7, 11) is 1.65. The molecule has 0 unspecified atom stereocenters. The average molecular weight is 357 g/mol. The van der Waals surface area contributed by atoms with Crippen molar-refractivity contribution >= 4 is 11.9 Å². The van der Waals surface area contributed by atoms with E-state index in [0.717, 1.165) is 23.1 Å². The number of aromatic nitrogens is 2. The van der Waals surface area contributed by atoms with Gasteiger partial charge in [-0.05, 0) is 18.1 Å². The molecule has 0 aliphatic heterocycles. The summed E-state index contributed by atoms with van der Waals surface area (Å²) in [5.41, 5.74) is 13.1. The van der Waals surface area contributed by atoms with Gasteiger partial charge in [-0.2, -0.15) is 4.99 Å². The minimum atomic E-state index is -0.354. The number of aliphatic imine (C=N–C) groups is 1. The maximum Gasteiger partial charge on any atom is 0.249 e. The first-order valence-corrected chi connectivity index (χ1v) is 8.22. The largest absolute Gasteiger partial charge is 0.493 e. The van der Waals surface area contributed by atoms with E-state index in [1.54, 1.807) is 19.5 Å². The van der Waals surface area contributed by atoms with E-state index < -0.39 is 0 Å². The van der Waals surface area contributed by atoms with E-state index in [1.165, 1.54) is 6.33 Å². The molecule has 8 heteroatoms. The minimum absolute atomic E-state index is 0.217. The van der Waals surface area contributed by atoms with Gasteiger partial charge in [-0.25, -0.2) is 9.97 Å². The molecule has 0 atom stereocenters. The Kier molecular flexibility index (Phi) is 7.50. The Labute approximate surface area is 152 Å². The first-order valence-electron chi connectivity index (χ1n) is 8.22. The van der Waals surface area contributed by atoms with E-state index in [1.807, 2.05) is 18.2 Å². The predicted octanol–water partition coefficient (Wildman–Crippen LogP) is 1.29. The zero-order valence-electron chi connectivity index (χ0n) is 14.7. The van der Waals surface area contributed by atoms with Crippen LogP contribution >= 0.6 is 0 Å². The Morgan fingerprint density at radius 2 is 1.96 bits per heavy atom. The van der Waals surface area contributed by atoms with Gasteiger partial charge in [0.1, 0.15) is 12.1 Å². The zero-order valence-corrected chi connectivity index (χ0v) is 14.7. The monoisotopic (exact) mass is 357 g/mol. The van der Waals surface area contributed by atoms with Crippen molar-refractivity contribution in [2.75, 3.05) is 20.3 Å². The number of rotatable bonds is 9. The summed E-state index contributed by atoms with van der Waals surface area (Å²) in [6.45, 7) is 1.14. The van der Waals surface area contributed by atoms with Crippen molar-refractivity contribution in [3.8, 4) is 16.9 Å². The van der Waals surface area contributed by atoms with Gasteiger partial charge < -0.3 is 20.9 Å². The van der Waals surface area contributed by atoms with Crippen LogP contribution in [0.3, 0.4) is 0 Å². The number of hydrogen-bond donors (Lipinski definition) is 2. The van der Waals surface area contributed by atoms with Crippen molar-refractivity contribution in [3.05, 3.63) is 42.5 Å². The number of carbonyl (C=O) groups excluding carboxylic acids is 1. The molecule has 4 N–H and O–H groups in total. The number of aryl methyl sites for hydroxylation is 1. The van der Waals surface area contributed by atoms with Gasteiger partial charge in [-0.15, -0.1) is 0 Å². The third kappa shape index (κ3) is 6.14. The molecule has 0 saturated carbocycles. The Morgan fingerprint density at radius 3 is 2.65 bits per heavy atom. The molecule has 138 valence electrons. The summed E-state index contributed by atoms with van der Waals surface area (Å²) < 4.78 is 11.0. The highest BCUT2D eigenvalue weighted by molar-refractivity contribution is 5.91. The molecular formula is C18H23N5O3. The van der Waals surface area contributed by atoms with Crippen molar-refractivity contribution in [2.45, 2.75) is 19.3 Å². The molecule has 0 saturated heterocycles. The molecule has 1 amide bonds. The number of hydrogen-bond acceptors (Lipinski definition) is 5. The van der Waals surface area contributed by atoms with E-state index in [9.17, 15) is 4.79 Å². The van der Waals surface area contributed by atoms with Gasteiger partial charge in [0.25, 0.3) is 0 Å². The lowest BCUT2D eigenvalue weighted by Gasteiger charge is -2.13. The third-order valence-corrected chi connectivity index (χ3v) is 3.55. The lowest BCUT2D eigenvalue weighted by Crippen LogP contribution is -2.24. The standard InChI is InChI=1S/C18H23N5O3/c1-25-7-2-8-26-16-9-13(4-6-17(24)23-18(19)20)3-5-15(16)14-10-21-12-22-11-14/h3,5,9-12H,2,4,6-8H2,1H3,(H4,19,20,23,24). The van der Waals surface area contributed by atoms with Crippen LogP contribution in [0.1, 0.15) is 18.4 Å². The van der Waals surface area contributed by atoms with E-state index >= 15 is 0 Å². The minimum Gasteiger partial charge on any atom is -0.493 e. The number of amides is 1. The zero-order chi connectivity index (χ0) is 18.8. The quantitative estimate of drug-likeness (QED) is 0.393. The number of ether oxygens (including phenoxy) is 2. The van der Waals surface area contributed by atoms with Crippen LogP contribution in [-0.4, -0.2) is 42.2 Å². The first kappa shape index (κ1) is 19.3. The summed E-state index contributed by atoms with van der Waals surface area (Å²) in [6.07, 6.45) is 6.43. The molecule has 0 spiro atoms. The second-order valence-corrected chi connectivity index (χ2v) is 5.58. The molecule has 1 heterocycles. The van der Waals surface area contributed by atoms with E-state index in [2.05, 4.69) is 15.0 Å². The van der Waals surface area contributed by atoms with Crippen LogP contribution in [0.25, 0.3) is 11.1 Å². The van der Waals surface area contributed by atoms with Crippen LogP contribution in [-0.2, 0) is 16.0 Å². The molecule has 2 rings (SSSR count). The van der Waals surface area contributed by atoms with Gasteiger partial charge in [0.15, 0.2) is 5.96 Å². The second kappa shape index (κ2) is 10.1. The number of carbonyl (C=O) groups is 1. The van der Waals surface area contributed by atoms with Gasteiger partial charge in [-0.3, -0.25) is 4.79 Å². The van der Waals surface area contributed by atoms with Crippen molar-refractivity contribution in [1.29, 1.82) is 0 Å². The summed E-state index contributed by atoms with van der Waals surface area (Å²) in [4.78, 5) is 23.3. The molecule has 0 radical (unpaired) electrons. The number of methoxy groups -OCH3 is 1. The highest BCUT2D eigenvalue weighted by Crippen LogP contribution is 2.30. The maximum absolute atomic E-state index is 11.6. The summed E-state index contributed by atoms with van der Waals surface area (Å²) in [5, 5.41) is 0. The van der Waals surface area contributed by atoms with E-state index in [0.29, 0.717) is 25.4 Å². The van der Waals surface area contributed by atoms with E-state index in [4.69, 9.17) is 20.9 Å². The fourth-order valence-corrected chi connectivity index (χ4v) is 2.35. The first-order chi connectivity index (χ1) is 12.6. The van der Waals surface area contributed by atoms with Gasteiger partial charge in [0, 0.05) is 50.1 Å². The molecular weight excluding hydrogens is 334 g/mol. The molecule has 0 fully saturated rings. The van der Waals surface area contributed by atoms with Gasteiger partial charge in [0.05, 0.1) is 6.61 Å². The SMILES string of the molecule is COCCCOc1cc(CCC(=O)N=C(N)N)ccc1-c1cncnc1. The Hall–Kier alpha value is -3.00. The van der Waals surface area contributed by atoms with Crippen LogP contribution in [0.4, 0.5) is 0 Å². The average Bonchev–Trinajstić information content (AvgIpc) is 2.64. The molecule has 8 nitrogen and oxygen atoms in total. The number of benzene rings is 1. The van der Waals surface area contributed by atoms with Crippen LogP contribution in [0, 0.1) is 0 Å². The summed E-state index contributed by atoms with van der Waals surface area (Å²) in [5.74, 6) is 0.132. The lowest BCUT2D eigenvalue weighted by molar-refractivity contribution is -0.117. The highest BCUT2D eigenvalue weighted by atomic mass is 16.5. The van der Waals surface area contributed by atoms with Gasteiger partial charge in [0.2, 0.25) is 5.91 Å². The van der Waals surface area contributed by atoms with Crippen molar-refractivity contribution in [1.82, 2.24) is 9.97 Å².